The molecular weight excluding hydrogens is 253 g/mol. The zero-order valence-electron chi connectivity index (χ0n) is 9.96. The molecule has 0 saturated heterocycles. The van der Waals surface area contributed by atoms with Crippen LogP contribution in [0.5, 0.6) is 0 Å². The number of benzene rings is 1. The fourth-order valence-electron chi connectivity index (χ4n) is 2.59. The van der Waals surface area contributed by atoms with Crippen LogP contribution in [0, 0.1) is 11.8 Å². The molecule has 0 aliphatic heterocycles. The molecule has 1 N–H and O–H groups in total. The van der Waals surface area contributed by atoms with Crippen molar-refractivity contribution < 1.29 is 0 Å². The predicted octanol–water partition coefficient (Wildman–Crippen LogP) is 4.08. The fourth-order valence-corrected chi connectivity index (χ4v) is 3.12. The van der Waals surface area contributed by atoms with E-state index in [9.17, 15) is 0 Å². The summed E-state index contributed by atoms with van der Waals surface area (Å²) in [4.78, 5) is 0. The molecule has 0 bridgehead atoms. The van der Waals surface area contributed by atoms with Crippen molar-refractivity contribution in [3.63, 3.8) is 0 Å². The van der Waals surface area contributed by atoms with Gasteiger partial charge in [0.1, 0.15) is 0 Å². The van der Waals surface area contributed by atoms with Crippen molar-refractivity contribution in [3.05, 3.63) is 34.9 Å². The summed E-state index contributed by atoms with van der Waals surface area (Å²) in [6, 6.07) is 8.03. The molecule has 1 aromatic rings. The number of hydrogen-bond donors (Lipinski definition) is 1. The summed E-state index contributed by atoms with van der Waals surface area (Å²) in [7, 11) is 0. The van der Waals surface area contributed by atoms with Gasteiger partial charge in [-0.25, -0.2) is 0 Å². The second-order valence-corrected chi connectivity index (χ2v) is 5.61. The Balaban J connectivity index is 1.74. The van der Waals surface area contributed by atoms with Crippen molar-refractivity contribution in [1.29, 1.82) is 0 Å². The van der Waals surface area contributed by atoms with Gasteiger partial charge in [0.15, 0.2) is 0 Å². The van der Waals surface area contributed by atoms with Crippen LogP contribution >= 0.6 is 23.2 Å². The number of rotatable bonds is 5. The minimum atomic E-state index is 0.717. The van der Waals surface area contributed by atoms with Gasteiger partial charge in [-0.1, -0.05) is 30.2 Å². The molecule has 0 aromatic heterocycles. The maximum absolute atomic E-state index is 5.97. The van der Waals surface area contributed by atoms with E-state index < -0.39 is 0 Å². The van der Waals surface area contributed by atoms with Gasteiger partial charge in [0.05, 0.1) is 0 Å². The van der Waals surface area contributed by atoms with E-state index in [1.54, 1.807) is 0 Å². The Bertz CT molecular complexity index is 337. The second kappa shape index (κ2) is 6.63. The Morgan fingerprint density at radius 2 is 1.82 bits per heavy atom. The third-order valence-electron chi connectivity index (χ3n) is 3.66. The monoisotopic (exact) mass is 271 g/mol. The lowest BCUT2D eigenvalue weighted by Crippen LogP contribution is -2.25. The Hall–Kier alpha value is -0.240. The van der Waals surface area contributed by atoms with Crippen LogP contribution in [0.3, 0.4) is 0 Å². The smallest absolute Gasteiger partial charge is 0.0406 e. The summed E-state index contributed by atoms with van der Waals surface area (Å²) in [6.07, 6.45) is 3.96. The summed E-state index contributed by atoms with van der Waals surface area (Å²) < 4.78 is 0. The molecule has 0 heterocycles. The van der Waals surface area contributed by atoms with E-state index >= 15 is 0 Å². The topological polar surface area (TPSA) is 12.0 Å². The third kappa shape index (κ3) is 3.87. The molecule has 1 aliphatic rings. The van der Waals surface area contributed by atoms with Gasteiger partial charge in [-0.3, -0.25) is 0 Å². The Morgan fingerprint density at radius 1 is 1.12 bits per heavy atom. The van der Waals surface area contributed by atoms with Crippen molar-refractivity contribution in [3.8, 4) is 0 Å². The molecule has 0 spiro atoms. The van der Waals surface area contributed by atoms with E-state index in [4.69, 9.17) is 23.2 Å². The Kier molecular flexibility index (Phi) is 5.15. The maximum Gasteiger partial charge on any atom is 0.0406 e. The van der Waals surface area contributed by atoms with Crippen molar-refractivity contribution in [2.75, 3.05) is 12.4 Å². The van der Waals surface area contributed by atoms with Gasteiger partial charge in [-0.15, -0.1) is 11.6 Å². The normalized spacial score (nSPS) is 24.1. The summed E-state index contributed by atoms with van der Waals surface area (Å²) in [5.41, 5.74) is 1.29. The first kappa shape index (κ1) is 13.2. The van der Waals surface area contributed by atoms with Crippen LogP contribution in [0.25, 0.3) is 0 Å². The van der Waals surface area contributed by atoms with Crippen molar-refractivity contribution in [1.82, 2.24) is 5.32 Å². The van der Waals surface area contributed by atoms with Crippen molar-refractivity contribution >= 4 is 23.2 Å². The second-order valence-electron chi connectivity index (χ2n) is 4.86. The van der Waals surface area contributed by atoms with Crippen LogP contribution in [-0.2, 0) is 6.54 Å². The average molecular weight is 272 g/mol. The first-order chi connectivity index (χ1) is 8.29. The molecule has 1 fully saturated rings. The highest BCUT2D eigenvalue weighted by Crippen LogP contribution is 2.31. The molecule has 17 heavy (non-hydrogen) atoms. The largest absolute Gasteiger partial charge is 0.312 e. The van der Waals surface area contributed by atoms with Gasteiger partial charge < -0.3 is 5.32 Å². The summed E-state index contributed by atoms with van der Waals surface area (Å²) in [5.74, 6) is 2.29. The highest BCUT2D eigenvalue weighted by Gasteiger charge is 2.25. The Labute approximate surface area is 114 Å². The van der Waals surface area contributed by atoms with E-state index in [0.29, 0.717) is 0 Å². The van der Waals surface area contributed by atoms with Crippen LogP contribution < -0.4 is 5.32 Å². The van der Waals surface area contributed by atoms with Crippen LogP contribution in [0.15, 0.2) is 24.3 Å². The highest BCUT2D eigenvalue weighted by atomic mass is 35.5. The molecule has 94 valence electrons. The molecule has 0 amide bonds. The SMILES string of the molecule is ClCC1CCCC1CNCc1ccc(Cl)cc1. The number of alkyl halides is 1. The minimum absolute atomic E-state index is 0.717. The van der Waals surface area contributed by atoms with Crippen LogP contribution in [0.4, 0.5) is 0 Å². The lowest BCUT2D eigenvalue weighted by Gasteiger charge is -2.17. The fraction of sp³-hybridized carbons (Fsp3) is 0.571. The number of hydrogen-bond acceptors (Lipinski definition) is 1. The van der Waals surface area contributed by atoms with Crippen LogP contribution in [0.2, 0.25) is 5.02 Å². The van der Waals surface area contributed by atoms with E-state index in [2.05, 4.69) is 17.4 Å². The highest BCUT2D eigenvalue weighted by molar-refractivity contribution is 6.30. The molecule has 2 atom stereocenters. The summed E-state index contributed by atoms with van der Waals surface area (Å²) in [5, 5.41) is 4.32. The quantitative estimate of drug-likeness (QED) is 0.796. The first-order valence-electron chi connectivity index (χ1n) is 6.30. The average Bonchev–Trinajstić information content (AvgIpc) is 2.79. The molecule has 2 unspecified atom stereocenters. The zero-order chi connectivity index (χ0) is 12.1. The predicted molar refractivity (Wildman–Crippen MR) is 74.7 cm³/mol. The van der Waals surface area contributed by atoms with E-state index in [-0.39, 0.29) is 0 Å². The third-order valence-corrected chi connectivity index (χ3v) is 4.31. The van der Waals surface area contributed by atoms with Gasteiger partial charge in [-0.2, -0.15) is 0 Å². The summed E-state index contributed by atoms with van der Waals surface area (Å²) in [6.45, 7) is 2.00. The van der Waals surface area contributed by atoms with Gasteiger partial charge in [0.25, 0.3) is 0 Å². The minimum Gasteiger partial charge on any atom is -0.312 e. The standard InChI is InChI=1S/C14H19Cl2N/c15-8-12-2-1-3-13(12)10-17-9-11-4-6-14(16)7-5-11/h4-7,12-13,17H,1-3,8-10H2. The molecular formula is C14H19Cl2N. The molecule has 1 aliphatic carbocycles. The maximum atomic E-state index is 5.97. The Morgan fingerprint density at radius 3 is 2.53 bits per heavy atom. The van der Waals surface area contributed by atoms with Crippen molar-refractivity contribution in [2.24, 2.45) is 11.8 Å². The first-order valence-corrected chi connectivity index (χ1v) is 7.22. The van der Waals surface area contributed by atoms with Crippen LogP contribution in [0.1, 0.15) is 24.8 Å². The molecule has 2 rings (SSSR count). The van der Waals surface area contributed by atoms with E-state index in [0.717, 1.165) is 35.8 Å². The van der Waals surface area contributed by atoms with E-state index in [1.807, 2.05) is 12.1 Å². The molecule has 1 aromatic carbocycles. The number of halogens is 2. The van der Waals surface area contributed by atoms with Gasteiger partial charge in [-0.05, 0) is 48.9 Å². The van der Waals surface area contributed by atoms with Gasteiger partial charge >= 0.3 is 0 Å². The molecule has 0 radical (unpaired) electrons. The lowest BCUT2D eigenvalue weighted by molar-refractivity contribution is 0.395. The van der Waals surface area contributed by atoms with Gasteiger partial charge in [0, 0.05) is 17.4 Å². The van der Waals surface area contributed by atoms with Crippen molar-refractivity contribution in [2.45, 2.75) is 25.8 Å². The number of nitrogens with one attached hydrogen (secondary N) is 1. The molecule has 3 heteroatoms. The lowest BCUT2D eigenvalue weighted by atomic mass is 9.98. The molecule has 1 nitrogen and oxygen atoms in total. The van der Waals surface area contributed by atoms with E-state index in [1.165, 1.54) is 24.8 Å². The zero-order valence-corrected chi connectivity index (χ0v) is 11.5. The molecule has 1 saturated carbocycles. The van der Waals surface area contributed by atoms with Gasteiger partial charge in [0.2, 0.25) is 0 Å². The van der Waals surface area contributed by atoms with Crippen LogP contribution in [-0.4, -0.2) is 12.4 Å². The summed E-state index contributed by atoms with van der Waals surface area (Å²) >= 11 is 11.8.